The monoisotopic (exact) mass is 334 g/mol. The molecule has 0 aliphatic carbocycles. The molecule has 2 N–H and O–H groups in total. The van der Waals surface area contributed by atoms with Gasteiger partial charge in [-0.25, -0.2) is 4.98 Å². The summed E-state index contributed by atoms with van der Waals surface area (Å²) < 4.78 is 5.16. The average Bonchev–Trinajstić information content (AvgIpc) is 2.88. The standard InChI is InChI=1S/C17H22N2O3S/c1-10-14(11(2)19-16(20)17(3,4)21)23-15(18-10)12-6-8-13(22-5)9-7-12/h6-9,11,21H,1-5H3,(H,19,20)/t11-/m1/s1. The predicted octanol–water partition coefficient (Wildman–Crippen LogP) is 3.08. The van der Waals surface area contributed by atoms with Crippen LogP contribution in [0.15, 0.2) is 24.3 Å². The lowest BCUT2D eigenvalue weighted by Gasteiger charge is -2.20. The van der Waals surface area contributed by atoms with Crippen molar-refractivity contribution in [3.8, 4) is 16.3 Å². The van der Waals surface area contributed by atoms with Crippen molar-refractivity contribution < 1.29 is 14.6 Å². The Kier molecular flexibility index (Phi) is 5.06. The average molecular weight is 334 g/mol. The number of hydrogen-bond donors (Lipinski definition) is 2. The molecule has 0 spiro atoms. The third-order valence-corrected chi connectivity index (χ3v) is 4.86. The summed E-state index contributed by atoms with van der Waals surface area (Å²) in [5.74, 6) is 0.400. The molecule has 1 heterocycles. The van der Waals surface area contributed by atoms with Gasteiger partial charge in [-0.2, -0.15) is 0 Å². The molecule has 0 aliphatic rings. The lowest BCUT2D eigenvalue weighted by atomic mass is 10.1. The van der Waals surface area contributed by atoms with Crippen LogP contribution in [0.3, 0.4) is 0 Å². The van der Waals surface area contributed by atoms with Gasteiger partial charge in [0.2, 0.25) is 0 Å². The second kappa shape index (κ2) is 6.68. The van der Waals surface area contributed by atoms with Gasteiger partial charge in [-0.1, -0.05) is 0 Å². The Morgan fingerprint density at radius 1 is 1.35 bits per heavy atom. The van der Waals surface area contributed by atoms with Crippen molar-refractivity contribution in [1.29, 1.82) is 0 Å². The summed E-state index contributed by atoms with van der Waals surface area (Å²) in [6.45, 7) is 6.75. The number of aromatic nitrogens is 1. The number of thiazole rings is 1. The molecular formula is C17H22N2O3S. The van der Waals surface area contributed by atoms with Crippen LogP contribution in [0.2, 0.25) is 0 Å². The Bertz CT molecular complexity index is 687. The Morgan fingerprint density at radius 2 is 1.96 bits per heavy atom. The van der Waals surface area contributed by atoms with Crippen LogP contribution in [0, 0.1) is 6.92 Å². The zero-order valence-corrected chi connectivity index (χ0v) is 14.8. The highest BCUT2D eigenvalue weighted by atomic mass is 32.1. The number of carbonyl (C=O) groups excluding carboxylic acids is 1. The number of hydrogen-bond acceptors (Lipinski definition) is 5. The van der Waals surface area contributed by atoms with Gasteiger partial charge in [0, 0.05) is 5.56 Å². The van der Waals surface area contributed by atoms with Gasteiger partial charge >= 0.3 is 0 Å². The largest absolute Gasteiger partial charge is 0.497 e. The summed E-state index contributed by atoms with van der Waals surface area (Å²) in [7, 11) is 1.63. The first-order chi connectivity index (χ1) is 10.7. The number of ether oxygens (including phenoxy) is 1. The number of rotatable bonds is 5. The number of amides is 1. The lowest BCUT2D eigenvalue weighted by Crippen LogP contribution is -2.42. The van der Waals surface area contributed by atoms with Gasteiger partial charge in [-0.15, -0.1) is 11.3 Å². The van der Waals surface area contributed by atoms with Crippen molar-refractivity contribution in [2.24, 2.45) is 0 Å². The topological polar surface area (TPSA) is 71.5 Å². The smallest absolute Gasteiger partial charge is 0.251 e. The zero-order valence-electron chi connectivity index (χ0n) is 14.0. The van der Waals surface area contributed by atoms with Crippen LogP contribution in [0.4, 0.5) is 0 Å². The molecule has 0 saturated heterocycles. The van der Waals surface area contributed by atoms with Crippen LogP contribution in [-0.2, 0) is 4.79 Å². The zero-order chi connectivity index (χ0) is 17.2. The van der Waals surface area contributed by atoms with Gasteiger partial charge in [0.15, 0.2) is 0 Å². The third-order valence-electron chi connectivity index (χ3n) is 3.47. The molecule has 0 bridgehead atoms. The molecule has 124 valence electrons. The van der Waals surface area contributed by atoms with Gasteiger partial charge in [0.25, 0.3) is 5.91 Å². The highest BCUT2D eigenvalue weighted by Crippen LogP contribution is 2.32. The summed E-state index contributed by atoms with van der Waals surface area (Å²) in [5, 5.41) is 13.5. The molecule has 1 aromatic carbocycles. The van der Waals surface area contributed by atoms with E-state index in [0.29, 0.717) is 0 Å². The van der Waals surface area contributed by atoms with E-state index in [9.17, 15) is 9.90 Å². The maximum Gasteiger partial charge on any atom is 0.251 e. The van der Waals surface area contributed by atoms with Crippen LogP contribution in [0.25, 0.3) is 10.6 Å². The van der Waals surface area contributed by atoms with Gasteiger partial charge in [0.05, 0.1) is 23.7 Å². The number of nitrogens with one attached hydrogen (secondary N) is 1. The Morgan fingerprint density at radius 3 is 2.48 bits per heavy atom. The molecule has 1 atom stereocenters. The Hall–Kier alpha value is -1.92. The molecule has 0 aliphatic heterocycles. The van der Waals surface area contributed by atoms with E-state index in [1.165, 1.54) is 25.2 Å². The molecule has 0 fully saturated rings. The number of nitrogens with zero attached hydrogens (tertiary/aromatic N) is 1. The minimum atomic E-state index is -1.40. The van der Waals surface area contributed by atoms with Crippen molar-refractivity contribution in [3.63, 3.8) is 0 Å². The summed E-state index contributed by atoms with van der Waals surface area (Å²) in [6, 6.07) is 7.50. The van der Waals surface area contributed by atoms with E-state index < -0.39 is 11.5 Å². The van der Waals surface area contributed by atoms with Gasteiger partial charge in [-0.05, 0) is 52.0 Å². The van der Waals surface area contributed by atoms with Gasteiger partial charge < -0.3 is 15.2 Å². The van der Waals surface area contributed by atoms with Crippen LogP contribution in [0.1, 0.15) is 37.4 Å². The maximum atomic E-state index is 11.9. The van der Waals surface area contributed by atoms with E-state index in [1.807, 2.05) is 38.1 Å². The van der Waals surface area contributed by atoms with E-state index in [4.69, 9.17) is 4.74 Å². The molecule has 2 aromatic rings. The van der Waals surface area contributed by atoms with Gasteiger partial charge in [-0.3, -0.25) is 4.79 Å². The Balaban J connectivity index is 2.21. The van der Waals surface area contributed by atoms with Crippen molar-refractivity contribution in [2.45, 2.75) is 39.3 Å². The molecule has 0 unspecified atom stereocenters. The normalized spacial score (nSPS) is 12.8. The summed E-state index contributed by atoms with van der Waals surface area (Å²) in [4.78, 5) is 17.5. The SMILES string of the molecule is COc1ccc(-c2nc(C)c([C@@H](C)NC(=O)C(C)(C)O)s2)cc1. The molecular weight excluding hydrogens is 312 g/mol. The number of benzene rings is 1. The molecule has 23 heavy (non-hydrogen) atoms. The molecule has 1 aromatic heterocycles. The number of aliphatic hydroxyl groups is 1. The minimum absolute atomic E-state index is 0.210. The van der Waals surface area contributed by atoms with E-state index in [-0.39, 0.29) is 6.04 Å². The molecule has 5 nitrogen and oxygen atoms in total. The lowest BCUT2D eigenvalue weighted by molar-refractivity contribution is -0.137. The summed E-state index contributed by atoms with van der Waals surface area (Å²) in [6.07, 6.45) is 0. The van der Waals surface area contributed by atoms with Crippen LogP contribution >= 0.6 is 11.3 Å². The van der Waals surface area contributed by atoms with Crippen LogP contribution < -0.4 is 10.1 Å². The summed E-state index contributed by atoms with van der Waals surface area (Å²) in [5.41, 5.74) is 0.488. The Labute approximate surface area is 140 Å². The van der Waals surface area contributed by atoms with Crippen LogP contribution in [0.5, 0.6) is 5.75 Å². The molecule has 0 radical (unpaired) electrons. The van der Waals surface area contributed by atoms with E-state index in [2.05, 4.69) is 10.3 Å². The first kappa shape index (κ1) is 17.4. The van der Waals surface area contributed by atoms with Gasteiger partial charge in [0.1, 0.15) is 16.4 Å². The highest BCUT2D eigenvalue weighted by molar-refractivity contribution is 7.15. The van der Waals surface area contributed by atoms with Crippen molar-refractivity contribution in [1.82, 2.24) is 10.3 Å². The second-order valence-corrected chi connectivity index (χ2v) is 6.98. The molecule has 2 rings (SSSR count). The number of methoxy groups -OCH3 is 1. The summed E-state index contributed by atoms with van der Waals surface area (Å²) >= 11 is 1.54. The van der Waals surface area contributed by atoms with Crippen molar-refractivity contribution in [3.05, 3.63) is 34.8 Å². The van der Waals surface area contributed by atoms with Crippen LogP contribution in [-0.4, -0.2) is 28.7 Å². The van der Waals surface area contributed by atoms with E-state index in [0.717, 1.165) is 26.9 Å². The first-order valence-electron chi connectivity index (χ1n) is 7.37. The quantitative estimate of drug-likeness (QED) is 0.881. The van der Waals surface area contributed by atoms with E-state index >= 15 is 0 Å². The fourth-order valence-electron chi connectivity index (χ4n) is 2.11. The van der Waals surface area contributed by atoms with Crippen molar-refractivity contribution in [2.75, 3.05) is 7.11 Å². The molecule has 1 amide bonds. The fourth-order valence-corrected chi connectivity index (χ4v) is 3.18. The third kappa shape index (κ3) is 4.09. The second-order valence-electron chi connectivity index (χ2n) is 5.95. The number of aryl methyl sites for hydroxylation is 1. The van der Waals surface area contributed by atoms with E-state index in [1.54, 1.807) is 7.11 Å². The maximum absolute atomic E-state index is 11.9. The minimum Gasteiger partial charge on any atom is -0.497 e. The fraction of sp³-hybridized carbons (Fsp3) is 0.412. The predicted molar refractivity (Wildman–Crippen MR) is 91.7 cm³/mol. The molecule has 6 heteroatoms. The first-order valence-corrected chi connectivity index (χ1v) is 8.19. The number of carbonyl (C=O) groups is 1. The molecule has 0 saturated carbocycles. The van der Waals surface area contributed by atoms with Crippen molar-refractivity contribution >= 4 is 17.2 Å². The highest BCUT2D eigenvalue weighted by Gasteiger charge is 2.26.